The highest BCUT2D eigenvalue weighted by Gasteiger charge is 2.31. The Morgan fingerprint density at radius 1 is 1.06 bits per heavy atom. The van der Waals surface area contributed by atoms with Crippen LogP contribution in [0.3, 0.4) is 0 Å². The first-order valence-electron chi connectivity index (χ1n) is 5.93. The summed E-state index contributed by atoms with van der Waals surface area (Å²) in [6, 6.07) is 2.33. The van der Waals surface area contributed by atoms with Crippen molar-refractivity contribution < 1.29 is 13.2 Å². The predicted molar refractivity (Wildman–Crippen MR) is 60.1 cm³/mol. The molecule has 1 atom stereocenters. The van der Waals surface area contributed by atoms with Crippen molar-refractivity contribution in [1.29, 1.82) is 0 Å². The van der Waals surface area contributed by atoms with E-state index >= 15 is 0 Å². The Morgan fingerprint density at radius 2 is 1.82 bits per heavy atom. The Kier molecular flexibility index (Phi) is 3.43. The molecule has 1 aliphatic rings. The second-order valence-electron chi connectivity index (χ2n) is 4.79. The van der Waals surface area contributed by atoms with Gasteiger partial charge in [-0.15, -0.1) is 0 Å². The SMILES string of the molecule is CC1(c2ccc(F)c(F)c2F)CCCCCN1. The van der Waals surface area contributed by atoms with Crippen molar-refractivity contribution in [2.45, 2.75) is 38.1 Å². The van der Waals surface area contributed by atoms with E-state index in [1.807, 2.05) is 6.92 Å². The van der Waals surface area contributed by atoms with Crippen LogP contribution in [-0.2, 0) is 5.54 Å². The Bertz CT molecular complexity index is 409. The van der Waals surface area contributed by atoms with Gasteiger partial charge in [0.05, 0.1) is 0 Å². The maximum Gasteiger partial charge on any atom is 0.194 e. The van der Waals surface area contributed by atoms with E-state index < -0.39 is 23.0 Å². The molecule has 0 bridgehead atoms. The maximum absolute atomic E-state index is 13.8. The molecule has 1 fully saturated rings. The Balaban J connectivity index is 2.41. The van der Waals surface area contributed by atoms with Gasteiger partial charge in [-0.05, 0) is 32.4 Å². The monoisotopic (exact) mass is 243 g/mol. The van der Waals surface area contributed by atoms with E-state index in [1.165, 1.54) is 6.07 Å². The largest absolute Gasteiger partial charge is 0.308 e. The minimum atomic E-state index is -1.38. The average Bonchev–Trinajstić information content (AvgIpc) is 2.52. The fourth-order valence-corrected chi connectivity index (χ4v) is 2.41. The van der Waals surface area contributed by atoms with E-state index in [1.54, 1.807) is 0 Å². The molecule has 94 valence electrons. The van der Waals surface area contributed by atoms with Crippen LogP contribution in [0.2, 0.25) is 0 Å². The zero-order chi connectivity index (χ0) is 12.5. The molecule has 0 aromatic heterocycles. The van der Waals surface area contributed by atoms with E-state index in [0.29, 0.717) is 0 Å². The third-order valence-electron chi connectivity index (χ3n) is 3.50. The van der Waals surface area contributed by atoms with E-state index in [4.69, 9.17) is 0 Å². The topological polar surface area (TPSA) is 12.0 Å². The Morgan fingerprint density at radius 3 is 2.59 bits per heavy atom. The van der Waals surface area contributed by atoms with E-state index in [0.717, 1.165) is 38.3 Å². The molecule has 1 aliphatic heterocycles. The van der Waals surface area contributed by atoms with Crippen LogP contribution in [0.4, 0.5) is 13.2 Å². The summed E-state index contributed by atoms with van der Waals surface area (Å²) in [5, 5.41) is 3.23. The van der Waals surface area contributed by atoms with Crippen molar-refractivity contribution in [3.05, 3.63) is 35.1 Å². The number of nitrogens with one attached hydrogen (secondary N) is 1. The summed E-state index contributed by atoms with van der Waals surface area (Å²) < 4.78 is 39.9. The van der Waals surface area contributed by atoms with E-state index in [9.17, 15) is 13.2 Å². The van der Waals surface area contributed by atoms with Crippen LogP contribution >= 0.6 is 0 Å². The molecule has 0 spiro atoms. The molecular formula is C13H16F3N. The lowest BCUT2D eigenvalue weighted by Gasteiger charge is -2.30. The zero-order valence-electron chi connectivity index (χ0n) is 9.82. The molecule has 17 heavy (non-hydrogen) atoms. The highest BCUT2D eigenvalue weighted by Crippen LogP contribution is 2.32. The first-order valence-corrected chi connectivity index (χ1v) is 5.93. The fraction of sp³-hybridized carbons (Fsp3) is 0.538. The Hall–Kier alpha value is -1.03. The lowest BCUT2D eigenvalue weighted by atomic mass is 9.87. The van der Waals surface area contributed by atoms with Crippen LogP contribution in [0.1, 0.15) is 38.2 Å². The van der Waals surface area contributed by atoms with Crippen LogP contribution in [0, 0.1) is 17.5 Å². The normalized spacial score (nSPS) is 25.6. The molecule has 0 amide bonds. The molecule has 0 radical (unpaired) electrons. The summed E-state index contributed by atoms with van der Waals surface area (Å²) in [6.45, 7) is 2.61. The third-order valence-corrected chi connectivity index (χ3v) is 3.50. The van der Waals surface area contributed by atoms with Crippen LogP contribution in [0.25, 0.3) is 0 Å². The summed E-state index contributed by atoms with van der Waals surface area (Å²) in [6.07, 6.45) is 3.80. The number of benzene rings is 1. The average molecular weight is 243 g/mol. The summed E-state index contributed by atoms with van der Waals surface area (Å²) in [7, 11) is 0. The van der Waals surface area contributed by atoms with Gasteiger partial charge in [0.25, 0.3) is 0 Å². The van der Waals surface area contributed by atoms with Gasteiger partial charge in [-0.3, -0.25) is 0 Å². The standard InChI is InChI=1S/C13H16F3N/c1-13(7-3-2-4-8-17-13)9-5-6-10(14)12(16)11(9)15/h5-6,17H,2-4,7-8H2,1H3. The summed E-state index contributed by atoms with van der Waals surface area (Å²) in [5.74, 6) is -3.58. The van der Waals surface area contributed by atoms with Crippen molar-refractivity contribution in [2.24, 2.45) is 0 Å². The molecule has 0 aliphatic carbocycles. The highest BCUT2D eigenvalue weighted by atomic mass is 19.2. The van der Waals surface area contributed by atoms with Gasteiger partial charge in [-0.2, -0.15) is 0 Å². The van der Waals surface area contributed by atoms with Crippen LogP contribution in [-0.4, -0.2) is 6.54 Å². The quantitative estimate of drug-likeness (QED) is 0.744. The van der Waals surface area contributed by atoms with Gasteiger partial charge in [-0.1, -0.05) is 18.9 Å². The lowest BCUT2D eigenvalue weighted by molar-refractivity contribution is 0.332. The first-order chi connectivity index (χ1) is 8.04. The van der Waals surface area contributed by atoms with Gasteiger partial charge in [0, 0.05) is 11.1 Å². The van der Waals surface area contributed by atoms with Crippen molar-refractivity contribution in [3.8, 4) is 0 Å². The summed E-state index contributed by atoms with van der Waals surface area (Å²) in [5.41, 5.74) is -0.381. The molecule has 1 aromatic carbocycles. The second kappa shape index (κ2) is 4.69. The van der Waals surface area contributed by atoms with Gasteiger partial charge in [0.1, 0.15) is 0 Å². The fourth-order valence-electron chi connectivity index (χ4n) is 2.41. The second-order valence-corrected chi connectivity index (χ2v) is 4.79. The molecule has 0 saturated carbocycles. The summed E-state index contributed by atoms with van der Waals surface area (Å²) in [4.78, 5) is 0. The molecule has 1 N–H and O–H groups in total. The third kappa shape index (κ3) is 2.32. The zero-order valence-corrected chi connectivity index (χ0v) is 9.82. The lowest BCUT2D eigenvalue weighted by Crippen LogP contribution is -2.39. The first kappa shape index (κ1) is 12.4. The van der Waals surface area contributed by atoms with Crippen LogP contribution in [0.15, 0.2) is 12.1 Å². The van der Waals surface area contributed by atoms with Gasteiger partial charge in [0.2, 0.25) is 0 Å². The van der Waals surface area contributed by atoms with Crippen molar-refractivity contribution in [2.75, 3.05) is 6.54 Å². The van der Waals surface area contributed by atoms with Gasteiger partial charge in [0.15, 0.2) is 17.5 Å². The van der Waals surface area contributed by atoms with Crippen molar-refractivity contribution in [3.63, 3.8) is 0 Å². The van der Waals surface area contributed by atoms with Gasteiger partial charge >= 0.3 is 0 Å². The maximum atomic E-state index is 13.8. The minimum absolute atomic E-state index is 0.221. The van der Waals surface area contributed by atoms with E-state index in [2.05, 4.69) is 5.32 Å². The molecule has 1 nitrogen and oxygen atoms in total. The molecule has 2 rings (SSSR count). The molecule has 1 unspecified atom stereocenters. The highest BCUT2D eigenvalue weighted by molar-refractivity contribution is 5.27. The minimum Gasteiger partial charge on any atom is -0.308 e. The van der Waals surface area contributed by atoms with Crippen LogP contribution in [0.5, 0.6) is 0 Å². The molecule has 4 heteroatoms. The van der Waals surface area contributed by atoms with Gasteiger partial charge in [-0.25, -0.2) is 13.2 Å². The molecular weight excluding hydrogens is 227 g/mol. The Labute approximate surface area is 99.0 Å². The number of hydrogen-bond donors (Lipinski definition) is 1. The van der Waals surface area contributed by atoms with Gasteiger partial charge < -0.3 is 5.32 Å². The number of hydrogen-bond acceptors (Lipinski definition) is 1. The smallest absolute Gasteiger partial charge is 0.194 e. The number of rotatable bonds is 1. The van der Waals surface area contributed by atoms with Crippen LogP contribution < -0.4 is 5.32 Å². The van der Waals surface area contributed by atoms with E-state index in [-0.39, 0.29) is 5.56 Å². The summed E-state index contributed by atoms with van der Waals surface area (Å²) >= 11 is 0. The van der Waals surface area contributed by atoms with Crippen molar-refractivity contribution >= 4 is 0 Å². The molecule has 1 saturated heterocycles. The molecule has 1 heterocycles. The molecule has 1 aromatic rings. The number of halogens is 3. The predicted octanol–water partition coefficient (Wildman–Crippen LogP) is 3.48. The van der Waals surface area contributed by atoms with Crippen molar-refractivity contribution in [1.82, 2.24) is 5.32 Å².